The first-order chi connectivity index (χ1) is 28.7. The third-order valence-corrected chi connectivity index (χ3v) is 15.3. The van der Waals surface area contributed by atoms with Crippen molar-refractivity contribution >= 4 is 73.0 Å². The largest absolute Gasteiger partial charge is 0.311 e. The zero-order valence-corrected chi connectivity index (χ0v) is 35.6. The minimum Gasteiger partial charge on any atom is -0.311 e. The van der Waals surface area contributed by atoms with E-state index in [1.54, 1.807) is 0 Å². The van der Waals surface area contributed by atoms with Crippen LogP contribution in [0.3, 0.4) is 0 Å². The first-order valence-electron chi connectivity index (χ1n) is 20.1. The first-order valence-corrected chi connectivity index (χ1v) is 24.2. The fourth-order valence-electron chi connectivity index (χ4n) is 7.33. The smallest absolute Gasteiger partial charge is 0.181 e. The van der Waals surface area contributed by atoms with Gasteiger partial charge in [-0.25, -0.2) is 16.8 Å². The quantitative estimate of drug-likeness (QED) is 0.0633. The molecule has 2 radical (unpaired) electrons. The molecule has 0 spiro atoms. The molecule has 298 valence electrons. The van der Waals surface area contributed by atoms with Crippen LogP contribution in [-0.2, 0) is 19.7 Å². The lowest BCUT2D eigenvalue weighted by Crippen LogP contribution is -2.15. The minimum absolute atomic E-state index is 0.161. The third-order valence-electron chi connectivity index (χ3n) is 10.3. The second-order valence-corrected chi connectivity index (χ2v) is 19.4. The van der Waals surface area contributed by atoms with E-state index in [-0.39, 0.29) is 15.5 Å². The average Bonchev–Trinajstić information content (AvgIpc) is 3.70. The summed E-state index contributed by atoms with van der Waals surface area (Å²) in [6, 6.07) is 55.3. The summed E-state index contributed by atoms with van der Waals surface area (Å²) in [4.78, 5) is 4.60. The van der Waals surface area contributed by atoms with Crippen LogP contribution in [0.2, 0.25) is 0 Å². The number of sulfone groups is 2. The third kappa shape index (κ3) is 9.57. The van der Waals surface area contributed by atoms with Gasteiger partial charge in [-0.15, -0.1) is 11.3 Å². The van der Waals surface area contributed by atoms with E-state index < -0.39 is 25.3 Å². The number of nitrogens with zero attached hydrogens (tertiary/aromatic N) is 2. The molecular weight excluding hydrogens is 788 g/mol. The highest BCUT2D eigenvalue weighted by Crippen LogP contribution is 2.49. The fourth-order valence-corrected chi connectivity index (χ4v) is 12.9. The lowest BCUT2D eigenvalue weighted by molar-refractivity contribution is 0.578. The predicted molar refractivity (Wildman–Crippen MR) is 248 cm³/mol. The van der Waals surface area contributed by atoms with Crippen LogP contribution in [0.5, 0.6) is 0 Å². The summed E-state index contributed by atoms with van der Waals surface area (Å²) in [7, 11) is -2.35. The van der Waals surface area contributed by atoms with Gasteiger partial charge in [0.15, 0.2) is 19.7 Å². The second-order valence-electron chi connectivity index (χ2n) is 14.4. The van der Waals surface area contributed by atoms with Crippen molar-refractivity contribution in [2.24, 2.45) is 0 Å². The van der Waals surface area contributed by atoms with Crippen LogP contribution >= 0.6 is 11.3 Å². The Morgan fingerprint density at radius 3 is 1.10 bits per heavy atom. The van der Waals surface area contributed by atoms with Crippen LogP contribution in [0, 0.1) is 0 Å². The van der Waals surface area contributed by atoms with Gasteiger partial charge in [-0.05, 0) is 90.3 Å². The molecule has 0 amide bonds. The average molecular weight is 835 g/mol. The van der Waals surface area contributed by atoms with Gasteiger partial charge >= 0.3 is 0 Å². The Labute approximate surface area is 355 Å². The lowest BCUT2D eigenvalue weighted by atomic mass is 10.1. The van der Waals surface area contributed by atoms with E-state index in [0.29, 0.717) is 27.3 Å². The van der Waals surface area contributed by atoms with Gasteiger partial charge in [0.05, 0.1) is 23.4 Å². The van der Waals surface area contributed by atoms with Gasteiger partial charge in [-0.1, -0.05) is 136 Å². The lowest BCUT2D eigenvalue weighted by Gasteiger charge is -2.25. The molecular formula is C49H47BN2O4S3. The summed E-state index contributed by atoms with van der Waals surface area (Å²) in [5, 5.41) is 0. The Kier molecular flexibility index (Phi) is 13.5. The van der Waals surface area contributed by atoms with Gasteiger partial charge in [-0.2, -0.15) is 0 Å². The molecule has 0 saturated carbocycles. The molecule has 59 heavy (non-hydrogen) atoms. The van der Waals surface area contributed by atoms with Crippen LogP contribution in [0.4, 0.5) is 34.1 Å². The molecule has 0 fully saturated rings. The number of rotatable bonds is 18. The highest BCUT2D eigenvalue weighted by molar-refractivity contribution is 7.95. The maximum absolute atomic E-state index is 14.6. The Hall–Kier alpha value is -5.42. The Bertz CT molecular complexity index is 2560. The highest BCUT2D eigenvalue weighted by atomic mass is 32.2. The summed E-state index contributed by atoms with van der Waals surface area (Å²) in [5.74, 6) is -0.161. The topological polar surface area (TPSA) is 74.8 Å². The zero-order valence-electron chi connectivity index (χ0n) is 33.2. The molecule has 10 heteroatoms. The molecule has 6 nitrogen and oxygen atoms in total. The molecule has 7 rings (SSSR count). The summed E-state index contributed by atoms with van der Waals surface area (Å²) in [5.41, 5.74) is 6.04. The van der Waals surface area contributed by atoms with Gasteiger partial charge < -0.3 is 9.80 Å². The Balaban J connectivity index is 1.36. The number of hydrogen-bond donors (Lipinski definition) is 0. The van der Waals surface area contributed by atoms with Crippen LogP contribution < -0.4 is 9.80 Å². The number of unbranched alkanes of at least 4 members (excludes halogenated alkanes) is 5. The molecule has 0 aliphatic rings. The molecule has 7 aromatic rings. The molecule has 0 bridgehead atoms. The van der Waals surface area contributed by atoms with Gasteiger partial charge in [-0.3, -0.25) is 0 Å². The maximum atomic E-state index is 14.6. The summed E-state index contributed by atoms with van der Waals surface area (Å²) in [6.07, 6.45) is 5.33. The summed E-state index contributed by atoms with van der Waals surface area (Å²) < 4.78 is 57.6. The van der Waals surface area contributed by atoms with Gasteiger partial charge in [0.25, 0.3) is 0 Å². The van der Waals surface area contributed by atoms with Gasteiger partial charge in [0.1, 0.15) is 9.79 Å². The van der Waals surface area contributed by atoms with Crippen LogP contribution in [0.15, 0.2) is 180 Å². The van der Waals surface area contributed by atoms with Crippen molar-refractivity contribution in [3.8, 4) is 20.9 Å². The molecule has 0 aliphatic carbocycles. The fraction of sp³-hybridized carbons (Fsp3) is 0.184. The number of anilines is 6. The number of hydrogen-bond acceptors (Lipinski definition) is 7. The SMILES string of the molecule is [B]CS(=O)(=O)c1c(-c2ccc(N(c3ccccc3)c3ccccc3)cc2)sc(-c2ccc(N(c3ccccc3)c3ccccc3)cc2)c1S(=O)(=O)CCCCCCCC. The van der Waals surface area contributed by atoms with Crippen LogP contribution in [0.25, 0.3) is 20.9 Å². The molecule has 0 unspecified atom stereocenters. The molecule has 6 aromatic carbocycles. The summed E-state index contributed by atoms with van der Waals surface area (Å²) >= 11 is 1.18. The van der Waals surface area contributed by atoms with E-state index in [9.17, 15) is 16.8 Å². The minimum atomic E-state index is -4.24. The number of benzene rings is 6. The molecule has 0 atom stereocenters. The molecule has 0 saturated heterocycles. The van der Waals surface area contributed by atoms with Crippen molar-refractivity contribution in [1.29, 1.82) is 0 Å². The number of thiophene rings is 1. The van der Waals surface area contributed by atoms with E-state index in [4.69, 9.17) is 7.85 Å². The molecule has 0 aliphatic heterocycles. The van der Waals surface area contributed by atoms with Crippen molar-refractivity contribution in [3.63, 3.8) is 0 Å². The predicted octanol–water partition coefficient (Wildman–Crippen LogP) is 13.1. The van der Waals surface area contributed by atoms with Crippen LogP contribution in [0.1, 0.15) is 45.4 Å². The van der Waals surface area contributed by atoms with E-state index in [0.717, 1.165) is 66.2 Å². The molecule has 1 aromatic heterocycles. The first kappa shape index (κ1) is 41.7. The standard InChI is InChI=1S/C49H47BN2O4S3/c1-2-3-4-5-6-19-36-58(53,54)48-46(38-28-32-44(33-29-38)51(40-20-11-7-12-21-40)41-22-13-8-14-23-41)57-47(49(48)59(55,56)37-50)39-30-34-45(35-31-39)52(42-24-15-9-16-25-42)43-26-17-10-18-27-43/h7-18,20-35H,2-6,19,36-37H2,1H3. The van der Waals surface area contributed by atoms with Crippen molar-refractivity contribution in [3.05, 3.63) is 170 Å². The zero-order chi connectivity index (χ0) is 41.2. The monoisotopic (exact) mass is 834 g/mol. The number of para-hydroxylation sites is 4. The molecule has 1 heterocycles. The van der Waals surface area contributed by atoms with Crippen LogP contribution in [-0.4, -0.2) is 36.1 Å². The second kappa shape index (κ2) is 19.1. The Morgan fingerprint density at radius 1 is 0.424 bits per heavy atom. The van der Waals surface area contributed by atoms with Crippen molar-refractivity contribution in [2.45, 2.75) is 55.2 Å². The van der Waals surface area contributed by atoms with Gasteiger partial charge in [0.2, 0.25) is 0 Å². The molecule has 0 N–H and O–H groups in total. The van der Waals surface area contributed by atoms with Gasteiger partial charge in [0, 0.05) is 39.8 Å². The van der Waals surface area contributed by atoms with Crippen molar-refractivity contribution in [2.75, 3.05) is 21.2 Å². The summed E-state index contributed by atoms with van der Waals surface area (Å²) in [6.45, 7) is 2.14. The van der Waals surface area contributed by atoms with E-state index in [2.05, 4.69) is 16.7 Å². The maximum Gasteiger partial charge on any atom is 0.181 e. The van der Waals surface area contributed by atoms with Crippen molar-refractivity contribution in [1.82, 2.24) is 0 Å². The normalized spacial score (nSPS) is 11.7. The van der Waals surface area contributed by atoms with E-state index in [1.807, 2.05) is 170 Å². The van der Waals surface area contributed by atoms with E-state index in [1.165, 1.54) is 11.3 Å². The highest BCUT2D eigenvalue weighted by Gasteiger charge is 2.35. The van der Waals surface area contributed by atoms with E-state index >= 15 is 0 Å². The Morgan fingerprint density at radius 2 is 0.746 bits per heavy atom. The van der Waals surface area contributed by atoms with Crippen molar-refractivity contribution < 1.29 is 16.8 Å².